The third-order valence-electron chi connectivity index (χ3n) is 7.98. The highest BCUT2D eigenvalue weighted by molar-refractivity contribution is 7.85. The zero-order valence-electron chi connectivity index (χ0n) is 25.4. The summed E-state index contributed by atoms with van der Waals surface area (Å²) in [6, 6.07) is 31.8. The molecular formula is C37H32NO7S+. The summed E-state index contributed by atoms with van der Waals surface area (Å²) in [6.45, 7) is 4.00. The van der Waals surface area contributed by atoms with Crippen molar-refractivity contribution in [3.63, 3.8) is 0 Å². The van der Waals surface area contributed by atoms with E-state index in [9.17, 15) is 22.6 Å². The first-order valence-electron chi connectivity index (χ1n) is 14.9. The molecule has 0 saturated heterocycles. The van der Waals surface area contributed by atoms with Gasteiger partial charge in [0.15, 0.2) is 6.54 Å². The highest BCUT2D eigenvalue weighted by atomic mass is 32.2. The van der Waals surface area contributed by atoms with Crippen LogP contribution in [0.4, 0.5) is 0 Å². The fourth-order valence-electron chi connectivity index (χ4n) is 5.89. The molecule has 0 bridgehead atoms. The minimum Gasteiger partial charge on any atom is -0.457 e. The summed E-state index contributed by atoms with van der Waals surface area (Å²) in [4.78, 5) is 27.0. The van der Waals surface area contributed by atoms with E-state index in [1.54, 1.807) is 26.0 Å². The SMILES string of the molecule is Cc1cc(C(=O)OCc2ccccc2)cc(C)c1OC(=O)c1c2ccccc2[n+](CCCS(=O)(=O)O)c2cc3ccccc3cc12. The van der Waals surface area contributed by atoms with Crippen LogP contribution in [0.2, 0.25) is 0 Å². The molecule has 0 radical (unpaired) electrons. The fraction of sp³-hybridized carbons (Fsp3) is 0.162. The van der Waals surface area contributed by atoms with Crippen molar-refractivity contribution in [1.29, 1.82) is 0 Å². The van der Waals surface area contributed by atoms with Gasteiger partial charge in [0, 0.05) is 18.6 Å². The maximum atomic E-state index is 14.2. The smallest absolute Gasteiger partial charge is 0.345 e. The standard InChI is InChI=1S/C37H31NO7S/c1-24-19-29(36(39)44-23-26-11-4-3-5-12-26)20-25(2)35(24)45-37(40)34-30-15-8-9-16-32(30)38(17-10-18-46(41,42)43)33-22-28-14-7-6-13-27(28)21-31(33)34/h3-9,11-16,19-22H,10,17-18,23H2,1-2H3/p+1. The predicted octanol–water partition coefficient (Wildman–Crippen LogP) is 6.90. The molecule has 1 heterocycles. The Labute approximate surface area is 266 Å². The molecule has 8 nitrogen and oxygen atoms in total. The van der Waals surface area contributed by atoms with E-state index in [2.05, 4.69) is 0 Å². The van der Waals surface area contributed by atoms with Crippen molar-refractivity contribution >= 4 is 54.6 Å². The van der Waals surface area contributed by atoms with Gasteiger partial charge in [-0.15, -0.1) is 0 Å². The lowest BCUT2D eigenvalue weighted by molar-refractivity contribution is -0.645. The second-order valence-electron chi connectivity index (χ2n) is 11.3. The van der Waals surface area contributed by atoms with Crippen molar-refractivity contribution in [2.75, 3.05) is 5.75 Å². The monoisotopic (exact) mass is 634 g/mol. The van der Waals surface area contributed by atoms with Gasteiger partial charge in [-0.1, -0.05) is 66.7 Å². The molecule has 232 valence electrons. The van der Waals surface area contributed by atoms with Gasteiger partial charge < -0.3 is 9.47 Å². The van der Waals surface area contributed by atoms with E-state index < -0.39 is 22.1 Å². The van der Waals surface area contributed by atoms with Crippen molar-refractivity contribution in [3.05, 3.63) is 131 Å². The van der Waals surface area contributed by atoms with Gasteiger partial charge in [-0.05, 0) is 65.6 Å². The average Bonchev–Trinajstić information content (AvgIpc) is 3.04. The van der Waals surface area contributed by atoms with E-state index in [1.165, 1.54) is 0 Å². The number of esters is 2. The van der Waals surface area contributed by atoms with Gasteiger partial charge in [0.2, 0.25) is 11.0 Å². The number of pyridine rings is 1. The summed E-state index contributed by atoms with van der Waals surface area (Å²) >= 11 is 0. The minimum absolute atomic E-state index is 0.146. The maximum Gasteiger partial charge on any atom is 0.345 e. The number of aromatic nitrogens is 1. The van der Waals surface area contributed by atoms with E-state index in [0.717, 1.165) is 27.4 Å². The molecule has 9 heteroatoms. The highest BCUT2D eigenvalue weighted by Crippen LogP contribution is 2.32. The molecule has 0 aliphatic carbocycles. The Morgan fingerprint density at radius 3 is 2.07 bits per heavy atom. The molecule has 0 atom stereocenters. The van der Waals surface area contributed by atoms with Gasteiger partial charge in [-0.2, -0.15) is 13.0 Å². The second kappa shape index (κ2) is 12.7. The quantitative estimate of drug-likeness (QED) is 0.0605. The van der Waals surface area contributed by atoms with Crippen molar-refractivity contribution < 1.29 is 36.6 Å². The van der Waals surface area contributed by atoms with Crippen molar-refractivity contribution in [2.24, 2.45) is 0 Å². The number of carbonyl (C=O) groups excluding carboxylic acids is 2. The van der Waals surface area contributed by atoms with Gasteiger partial charge in [0.05, 0.1) is 27.7 Å². The van der Waals surface area contributed by atoms with Gasteiger partial charge in [0.25, 0.3) is 10.1 Å². The molecule has 0 unspecified atom stereocenters. The van der Waals surface area contributed by atoms with Gasteiger partial charge >= 0.3 is 11.9 Å². The van der Waals surface area contributed by atoms with Gasteiger partial charge in [-0.3, -0.25) is 4.55 Å². The number of rotatable bonds is 9. The zero-order valence-corrected chi connectivity index (χ0v) is 26.2. The number of aryl methyl sites for hydroxylation is 3. The first kappa shape index (κ1) is 30.9. The lowest BCUT2D eigenvalue weighted by atomic mass is 9.98. The Hall–Kier alpha value is -5.12. The van der Waals surface area contributed by atoms with Crippen LogP contribution in [0.25, 0.3) is 32.6 Å². The van der Waals surface area contributed by atoms with Crippen LogP contribution in [-0.2, 0) is 28.0 Å². The molecule has 0 fully saturated rings. The van der Waals surface area contributed by atoms with E-state index in [-0.39, 0.29) is 18.8 Å². The van der Waals surface area contributed by atoms with E-state index >= 15 is 0 Å². The Bertz CT molecular complexity index is 2220. The average molecular weight is 635 g/mol. The lowest BCUT2D eigenvalue weighted by Gasteiger charge is -2.15. The Kier molecular flexibility index (Phi) is 8.53. The number of nitrogens with zero attached hydrogens (tertiary/aromatic N) is 1. The van der Waals surface area contributed by atoms with E-state index in [4.69, 9.17) is 9.47 Å². The molecule has 6 aromatic rings. The second-order valence-corrected chi connectivity index (χ2v) is 12.9. The van der Waals surface area contributed by atoms with Crippen LogP contribution in [0, 0.1) is 13.8 Å². The number of hydrogen-bond acceptors (Lipinski definition) is 6. The van der Waals surface area contributed by atoms with Crippen LogP contribution in [0.3, 0.4) is 0 Å². The zero-order chi connectivity index (χ0) is 32.4. The topological polar surface area (TPSA) is 111 Å². The molecule has 0 aliphatic rings. The van der Waals surface area contributed by atoms with Crippen LogP contribution < -0.4 is 9.30 Å². The molecule has 46 heavy (non-hydrogen) atoms. The van der Waals surface area contributed by atoms with Crippen LogP contribution in [0.1, 0.15) is 43.8 Å². The number of para-hydroxylation sites is 1. The molecule has 0 amide bonds. The van der Waals surface area contributed by atoms with Crippen molar-refractivity contribution in [1.82, 2.24) is 0 Å². The van der Waals surface area contributed by atoms with Gasteiger partial charge in [-0.25, -0.2) is 9.59 Å². The summed E-state index contributed by atoms with van der Waals surface area (Å²) in [7, 11) is -4.14. The van der Waals surface area contributed by atoms with E-state index in [0.29, 0.717) is 45.3 Å². The van der Waals surface area contributed by atoms with Crippen LogP contribution in [0.5, 0.6) is 5.75 Å². The first-order chi connectivity index (χ1) is 22.1. The Morgan fingerprint density at radius 1 is 0.739 bits per heavy atom. The number of benzene rings is 5. The molecule has 1 N–H and O–H groups in total. The minimum atomic E-state index is -4.14. The molecule has 1 aromatic heterocycles. The van der Waals surface area contributed by atoms with Crippen molar-refractivity contribution in [3.8, 4) is 5.75 Å². The van der Waals surface area contributed by atoms with Crippen LogP contribution in [-0.4, -0.2) is 30.7 Å². The largest absolute Gasteiger partial charge is 0.457 e. The third kappa shape index (κ3) is 6.47. The number of carbonyl (C=O) groups is 2. The predicted molar refractivity (Wildman–Crippen MR) is 177 cm³/mol. The fourth-order valence-corrected chi connectivity index (χ4v) is 6.39. The first-order valence-corrected chi connectivity index (χ1v) is 16.5. The molecular weight excluding hydrogens is 602 g/mol. The highest BCUT2D eigenvalue weighted by Gasteiger charge is 2.27. The summed E-state index contributed by atoms with van der Waals surface area (Å²) in [6.07, 6.45) is 0.178. The maximum absolute atomic E-state index is 14.2. The molecule has 0 spiro atoms. The molecule has 0 aliphatic heterocycles. The number of ether oxygens (including phenoxy) is 2. The summed E-state index contributed by atoms with van der Waals surface area (Å²) in [5.74, 6) is -1.07. The Morgan fingerprint density at radius 2 is 1.37 bits per heavy atom. The van der Waals surface area contributed by atoms with Crippen LogP contribution >= 0.6 is 0 Å². The molecule has 0 saturated carbocycles. The van der Waals surface area contributed by atoms with Crippen LogP contribution in [0.15, 0.2) is 103 Å². The summed E-state index contributed by atoms with van der Waals surface area (Å²) in [5, 5.41) is 3.16. The normalized spacial score (nSPS) is 11.6. The number of hydrogen-bond donors (Lipinski definition) is 1. The molecule has 5 aromatic carbocycles. The molecule has 6 rings (SSSR count). The summed E-state index contributed by atoms with van der Waals surface area (Å²) < 4.78 is 46.0. The summed E-state index contributed by atoms with van der Waals surface area (Å²) in [5.41, 5.74) is 4.27. The lowest BCUT2D eigenvalue weighted by Crippen LogP contribution is -2.37. The van der Waals surface area contributed by atoms with E-state index in [1.807, 2.05) is 95.6 Å². The van der Waals surface area contributed by atoms with Crippen molar-refractivity contribution in [2.45, 2.75) is 33.4 Å². The number of fused-ring (bicyclic) bond motifs is 3. The Balaban J connectivity index is 1.40. The van der Waals surface area contributed by atoms with Gasteiger partial charge in [0.1, 0.15) is 12.4 Å². The third-order valence-corrected chi connectivity index (χ3v) is 8.78.